The van der Waals surface area contributed by atoms with E-state index in [-0.39, 0.29) is 11.9 Å². The number of carbonyl (C=O) groups excluding carboxylic acids is 1. The van der Waals surface area contributed by atoms with Crippen LogP contribution in [0.1, 0.15) is 27.4 Å². The topological polar surface area (TPSA) is 81.2 Å². The molecule has 0 saturated carbocycles. The largest absolute Gasteiger partial charge is 0.466 e. The highest BCUT2D eigenvalue weighted by atomic mass is 19.4. The van der Waals surface area contributed by atoms with E-state index >= 15 is 0 Å². The predicted octanol–water partition coefficient (Wildman–Crippen LogP) is 4.22. The second kappa shape index (κ2) is 6.08. The maximum atomic E-state index is 12.6. The van der Waals surface area contributed by atoms with Crippen LogP contribution in [0, 0.1) is 13.8 Å². The number of alkyl halides is 3. The molecule has 1 aromatic carbocycles. The minimum atomic E-state index is -4.42. The Morgan fingerprint density at radius 2 is 1.76 bits per heavy atom. The first-order valence-electron chi connectivity index (χ1n) is 7.13. The highest BCUT2D eigenvalue weighted by Crippen LogP contribution is 2.31. The van der Waals surface area contributed by atoms with Crippen molar-refractivity contribution < 1.29 is 26.8 Å². The number of furan rings is 1. The van der Waals surface area contributed by atoms with Crippen molar-refractivity contribution in [3.05, 3.63) is 53.0 Å². The molecule has 0 unspecified atom stereocenters. The van der Waals surface area contributed by atoms with Crippen LogP contribution in [0.5, 0.6) is 0 Å². The first-order chi connectivity index (χ1) is 11.7. The standard InChI is InChI=1S/C16H12F3N3O3/c1-8-7-12(9(2)24-8)13(23)20-15-22-21-14(25-15)10-3-5-11(6-4-10)16(17,18)19/h3-7H,1-2H3,(H,20,22,23). The normalized spacial score (nSPS) is 11.6. The average Bonchev–Trinajstić information content (AvgIpc) is 3.13. The van der Waals surface area contributed by atoms with Crippen molar-refractivity contribution in [2.75, 3.05) is 5.32 Å². The molecule has 0 atom stereocenters. The van der Waals surface area contributed by atoms with Gasteiger partial charge in [0.15, 0.2) is 0 Å². The summed E-state index contributed by atoms with van der Waals surface area (Å²) in [6.07, 6.45) is -4.42. The molecular weight excluding hydrogens is 339 g/mol. The van der Waals surface area contributed by atoms with E-state index in [9.17, 15) is 18.0 Å². The zero-order valence-electron chi connectivity index (χ0n) is 13.1. The van der Waals surface area contributed by atoms with Gasteiger partial charge in [-0.25, -0.2) is 0 Å². The lowest BCUT2D eigenvalue weighted by molar-refractivity contribution is -0.137. The molecule has 3 aromatic rings. The van der Waals surface area contributed by atoms with Gasteiger partial charge in [0.25, 0.3) is 5.91 Å². The quantitative estimate of drug-likeness (QED) is 0.764. The molecule has 0 spiro atoms. The Hall–Kier alpha value is -3.10. The third kappa shape index (κ3) is 3.54. The Labute approximate surface area is 139 Å². The van der Waals surface area contributed by atoms with E-state index < -0.39 is 17.6 Å². The molecule has 9 heteroatoms. The molecule has 0 fully saturated rings. The zero-order valence-corrected chi connectivity index (χ0v) is 13.1. The summed E-state index contributed by atoms with van der Waals surface area (Å²) in [6.45, 7) is 3.35. The van der Waals surface area contributed by atoms with E-state index in [0.717, 1.165) is 12.1 Å². The summed E-state index contributed by atoms with van der Waals surface area (Å²) in [7, 11) is 0. The summed E-state index contributed by atoms with van der Waals surface area (Å²) in [5, 5.41) is 9.80. The summed E-state index contributed by atoms with van der Waals surface area (Å²) >= 11 is 0. The lowest BCUT2D eigenvalue weighted by Gasteiger charge is -2.05. The molecular formula is C16H12F3N3O3. The van der Waals surface area contributed by atoms with Crippen LogP contribution < -0.4 is 5.32 Å². The summed E-state index contributed by atoms with van der Waals surface area (Å²) in [4.78, 5) is 12.1. The van der Waals surface area contributed by atoms with Crippen molar-refractivity contribution >= 4 is 11.9 Å². The van der Waals surface area contributed by atoms with Crippen LogP contribution in [-0.2, 0) is 6.18 Å². The van der Waals surface area contributed by atoms with E-state index in [0.29, 0.717) is 22.6 Å². The highest BCUT2D eigenvalue weighted by molar-refractivity contribution is 6.03. The fraction of sp³-hybridized carbons (Fsp3) is 0.188. The summed E-state index contributed by atoms with van der Waals surface area (Å²) in [6, 6.07) is 5.65. The summed E-state index contributed by atoms with van der Waals surface area (Å²) in [5.41, 5.74) is -0.154. The van der Waals surface area contributed by atoms with E-state index in [1.54, 1.807) is 19.9 Å². The van der Waals surface area contributed by atoms with Crippen LogP contribution >= 0.6 is 0 Å². The van der Waals surface area contributed by atoms with Crippen molar-refractivity contribution in [1.82, 2.24) is 10.2 Å². The number of aromatic nitrogens is 2. The van der Waals surface area contributed by atoms with Gasteiger partial charge in [-0.15, -0.1) is 5.10 Å². The number of carbonyl (C=O) groups is 1. The number of nitrogens with one attached hydrogen (secondary N) is 1. The summed E-state index contributed by atoms with van der Waals surface area (Å²) in [5.74, 6) is 0.525. The number of hydrogen-bond acceptors (Lipinski definition) is 5. The average molecular weight is 351 g/mol. The number of amides is 1. The van der Waals surface area contributed by atoms with Gasteiger partial charge in [0.05, 0.1) is 11.1 Å². The van der Waals surface area contributed by atoms with E-state index in [2.05, 4.69) is 15.5 Å². The molecule has 0 radical (unpaired) electrons. The zero-order chi connectivity index (χ0) is 18.2. The van der Waals surface area contributed by atoms with Gasteiger partial charge < -0.3 is 8.83 Å². The van der Waals surface area contributed by atoms with Crippen LogP contribution in [0.2, 0.25) is 0 Å². The van der Waals surface area contributed by atoms with Crippen molar-refractivity contribution in [3.63, 3.8) is 0 Å². The monoisotopic (exact) mass is 351 g/mol. The number of hydrogen-bond donors (Lipinski definition) is 1. The summed E-state index contributed by atoms with van der Waals surface area (Å²) < 4.78 is 48.2. The van der Waals surface area contributed by atoms with Gasteiger partial charge in [0.2, 0.25) is 5.89 Å². The number of nitrogens with zero attached hydrogens (tertiary/aromatic N) is 2. The van der Waals surface area contributed by atoms with E-state index in [1.165, 1.54) is 12.1 Å². The maximum absolute atomic E-state index is 12.6. The van der Waals surface area contributed by atoms with Crippen LogP contribution in [0.4, 0.5) is 19.2 Å². The van der Waals surface area contributed by atoms with Gasteiger partial charge in [-0.1, -0.05) is 5.10 Å². The van der Waals surface area contributed by atoms with Gasteiger partial charge in [0.1, 0.15) is 11.5 Å². The second-order valence-electron chi connectivity index (χ2n) is 5.27. The van der Waals surface area contributed by atoms with Gasteiger partial charge in [-0.3, -0.25) is 10.1 Å². The Morgan fingerprint density at radius 3 is 2.32 bits per heavy atom. The van der Waals surface area contributed by atoms with Gasteiger partial charge in [0, 0.05) is 5.56 Å². The van der Waals surface area contributed by atoms with Crippen molar-refractivity contribution in [2.45, 2.75) is 20.0 Å². The SMILES string of the molecule is Cc1cc(C(=O)Nc2nnc(-c3ccc(C(F)(F)F)cc3)o2)c(C)o1. The predicted molar refractivity (Wildman–Crippen MR) is 80.9 cm³/mol. The molecule has 6 nitrogen and oxygen atoms in total. The van der Waals surface area contributed by atoms with Gasteiger partial charge in [-0.2, -0.15) is 13.2 Å². The molecule has 3 rings (SSSR count). The Balaban J connectivity index is 1.76. The molecule has 0 bridgehead atoms. The number of halogens is 3. The third-order valence-electron chi connectivity index (χ3n) is 3.39. The van der Waals surface area contributed by atoms with Crippen LogP contribution in [0.15, 0.2) is 39.2 Å². The highest BCUT2D eigenvalue weighted by Gasteiger charge is 2.30. The molecule has 1 N–H and O–H groups in total. The molecule has 2 aromatic heterocycles. The van der Waals surface area contributed by atoms with Crippen LogP contribution in [0.3, 0.4) is 0 Å². The first kappa shape index (κ1) is 16.7. The molecule has 130 valence electrons. The van der Waals surface area contributed by atoms with Crippen LogP contribution in [-0.4, -0.2) is 16.1 Å². The molecule has 0 aliphatic heterocycles. The Morgan fingerprint density at radius 1 is 1.08 bits per heavy atom. The minimum absolute atomic E-state index is 0.0101. The molecule has 2 heterocycles. The second-order valence-corrected chi connectivity index (χ2v) is 5.27. The van der Waals surface area contributed by atoms with Crippen molar-refractivity contribution in [2.24, 2.45) is 0 Å². The minimum Gasteiger partial charge on any atom is -0.466 e. The molecule has 0 saturated heterocycles. The number of anilines is 1. The number of rotatable bonds is 3. The van der Waals surface area contributed by atoms with Crippen molar-refractivity contribution in [3.8, 4) is 11.5 Å². The molecule has 0 aliphatic carbocycles. The van der Waals surface area contributed by atoms with Crippen LogP contribution in [0.25, 0.3) is 11.5 Å². The third-order valence-corrected chi connectivity index (χ3v) is 3.39. The smallest absolute Gasteiger partial charge is 0.416 e. The number of aryl methyl sites for hydroxylation is 2. The molecule has 25 heavy (non-hydrogen) atoms. The Bertz CT molecular complexity index is 911. The first-order valence-corrected chi connectivity index (χ1v) is 7.13. The van der Waals surface area contributed by atoms with Crippen molar-refractivity contribution in [1.29, 1.82) is 0 Å². The molecule has 1 amide bonds. The fourth-order valence-corrected chi connectivity index (χ4v) is 2.21. The lowest BCUT2D eigenvalue weighted by atomic mass is 10.1. The fourth-order valence-electron chi connectivity index (χ4n) is 2.21. The van der Waals surface area contributed by atoms with Gasteiger partial charge in [-0.05, 0) is 44.2 Å². The van der Waals surface area contributed by atoms with E-state index in [4.69, 9.17) is 8.83 Å². The van der Waals surface area contributed by atoms with E-state index in [1.807, 2.05) is 0 Å². The lowest BCUT2D eigenvalue weighted by Crippen LogP contribution is -2.12. The molecule has 0 aliphatic rings. The van der Waals surface area contributed by atoms with Gasteiger partial charge >= 0.3 is 12.2 Å². The number of benzene rings is 1. The maximum Gasteiger partial charge on any atom is 0.416 e. The Kier molecular flexibility index (Phi) is 4.07.